The first-order valence-electron chi connectivity index (χ1n) is 7.26. The maximum Gasteiger partial charge on any atom is 0.331 e. The number of rotatable bonds is 4. The van der Waals surface area contributed by atoms with Gasteiger partial charge in [0, 0.05) is 28.8 Å². The zero-order valence-electron chi connectivity index (χ0n) is 12.6. The summed E-state index contributed by atoms with van der Waals surface area (Å²) in [7, 11) is 0. The van der Waals surface area contributed by atoms with Gasteiger partial charge in [0.15, 0.2) is 0 Å². The average Bonchev–Trinajstić information content (AvgIpc) is 2.59. The van der Waals surface area contributed by atoms with Crippen molar-refractivity contribution in [1.82, 2.24) is 4.98 Å². The highest BCUT2D eigenvalue weighted by Crippen LogP contribution is 2.19. The van der Waals surface area contributed by atoms with Crippen LogP contribution in [0.25, 0.3) is 17.0 Å². The first kappa shape index (κ1) is 16.1. The van der Waals surface area contributed by atoms with E-state index >= 15 is 0 Å². The van der Waals surface area contributed by atoms with Crippen molar-refractivity contribution in [3.8, 4) is 0 Å². The largest absolute Gasteiger partial charge is 0.458 e. The standard InChI is InChI=1S/C19H13ClFNO2/c20-17-11-16(21)8-6-15(17)12-24-18(23)9-7-14-4-1-3-13-5-2-10-22-19(13)14/h1-11H,12H2. The molecule has 24 heavy (non-hydrogen) atoms. The Morgan fingerprint density at radius 3 is 2.88 bits per heavy atom. The van der Waals surface area contributed by atoms with Crippen molar-refractivity contribution in [2.75, 3.05) is 0 Å². The van der Waals surface area contributed by atoms with Gasteiger partial charge in [-0.25, -0.2) is 9.18 Å². The number of fused-ring (bicyclic) bond motifs is 1. The van der Waals surface area contributed by atoms with Crippen LogP contribution in [0.4, 0.5) is 4.39 Å². The molecule has 2 aromatic carbocycles. The van der Waals surface area contributed by atoms with Crippen LogP contribution >= 0.6 is 11.6 Å². The van der Waals surface area contributed by atoms with E-state index in [1.165, 1.54) is 24.3 Å². The Labute approximate surface area is 143 Å². The Morgan fingerprint density at radius 2 is 2.04 bits per heavy atom. The summed E-state index contributed by atoms with van der Waals surface area (Å²) < 4.78 is 18.1. The van der Waals surface area contributed by atoms with Gasteiger partial charge in [0.25, 0.3) is 0 Å². The van der Waals surface area contributed by atoms with Gasteiger partial charge in [-0.1, -0.05) is 41.9 Å². The maximum absolute atomic E-state index is 13.0. The third-order valence-electron chi connectivity index (χ3n) is 3.45. The number of hydrogen-bond donors (Lipinski definition) is 0. The highest BCUT2D eigenvalue weighted by atomic mass is 35.5. The number of esters is 1. The van der Waals surface area contributed by atoms with Crippen LogP contribution in [-0.2, 0) is 16.1 Å². The quantitative estimate of drug-likeness (QED) is 0.506. The molecule has 0 amide bonds. The summed E-state index contributed by atoms with van der Waals surface area (Å²) in [6.45, 7) is -0.0178. The van der Waals surface area contributed by atoms with Crippen LogP contribution in [0.15, 0.2) is 60.8 Å². The number of pyridine rings is 1. The number of carbonyl (C=O) groups excluding carboxylic acids is 1. The molecule has 120 valence electrons. The van der Waals surface area contributed by atoms with Crippen LogP contribution in [0.1, 0.15) is 11.1 Å². The van der Waals surface area contributed by atoms with Crippen molar-refractivity contribution in [2.45, 2.75) is 6.61 Å². The Morgan fingerprint density at radius 1 is 1.21 bits per heavy atom. The number of halogens is 2. The lowest BCUT2D eigenvalue weighted by molar-refractivity contribution is -0.138. The summed E-state index contributed by atoms with van der Waals surface area (Å²) in [5.41, 5.74) is 2.18. The second-order valence-electron chi connectivity index (χ2n) is 5.10. The third-order valence-corrected chi connectivity index (χ3v) is 3.80. The van der Waals surface area contributed by atoms with Gasteiger partial charge in [-0.05, 0) is 24.3 Å². The van der Waals surface area contributed by atoms with Crippen molar-refractivity contribution in [2.24, 2.45) is 0 Å². The molecule has 0 atom stereocenters. The molecule has 0 saturated carbocycles. The fourth-order valence-corrected chi connectivity index (χ4v) is 2.48. The predicted molar refractivity (Wildman–Crippen MR) is 92.0 cm³/mol. The number of benzene rings is 2. The topological polar surface area (TPSA) is 39.2 Å². The van der Waals surface area contributed by atoms with Crippen molar-refractivity contribution in [1.29, 1.82) is 0 Å². The summed E-state index contributed by atoms with van der Waals surface area (Å²) in [6.07, 6.45) is 4.69. The van der Waals surface area contributed by atoms with E-state index in [-0.39, 0.29) is 11.6 Å². The van der Waals surface area contributed by atoms with Crippen LogP contribution in [0.5, 0.6) is 0 Å². The molecule has 0 radical (unpaired) electrons. The van der Waals surface area contributed by atoms with Crippen molar-refractivity contribution in [3.63, 3.8) is 0 Å². The van der Waals surface area contributed by atoms with E-state index in [1.54, 1.807) is 12.3 Å². The fourth-order valence-electron chi connectivity index (χ4n) is 2.26. The van der Waals surface area contributed by atoms with Crippen LogP contribution in [0, 0.1) is 5.82 Å². The molecule has 0 aliphatic heterocycles. The third kappa shape index (κ3) is 3.78. The molecule has 1 aromatic heterocycles. The van der Waals surface area contributed by atoms with E-state index in [0.717, 1.165) is 16.5 Å². The molecule has 5 heteroatoms. The Bertz CT molecular complexity index is 919. The Kier molecular flexibility index (Phi) is 4.87. The molecule has 0 saturated heterocycles. The maximum atomic E-state index is 13.0. The number of para-hydroxylation sites is 1. The summed E-state index contributed by atoms with van der Waals surface area (Å²) in [5.74, 6) is -0.943. The van der Waals surface area contributed by atoms with Gasteiger partial charge in [-0.2, -0.15) is 0 Å². The SMILES string of the molecule is O=C(C=Cc1cccc2cccnc12)OCc1ccc(F)cc1Cl. The molecule has 0 unspecified atom stereocenters. The highest BCUT2D eigenvalue weighted by Gasteiger charge is 2.05. The van der Waals surface area contributed by atoms with Gasteiger partial charge in [0.05, 0.1) is 10.5 Å². The smallest absolute Gasteiger partial charge is 0.331 e. The minimum atomic E-state index is -0.511. The summed E-state index contributed by atoms with van der Waals surface area (Å²) in [6, 6.07) is 13.5. The molecular formula is C19H13ClFNO2. The van der Waals surface area contributed by atoms with E-state index in [1.807, 2.05) is 30.3 Å². The van der Waals surface area contributed by atoms with E-state index < -0.39 is 11.8 Å². The van der Waals surface area contributed by atoms with Gasteiger partial charge >= 0.3 is 5.97 Å². The number of hydrogen-bond acceptors (Lipinski definition) is 3. The monoisotopic (exact) mass is 341 g/mol. The van der Waals surface area contributed by atoms with Crippen LogP contribution < -0.4 is 0 Å². The fraction of sp³-hybridized carbons (Fsp3) is 0.0526. The molecule has 0 aliphatic carbocycles. The van der Waals surface area contributed by atoms with E-state index in [0.29, 0.717) is 5.56 Å². The first-order valence-corrected chi connectivity index (χ1v) is 7.64. The zero-order chi connectivity index (χ0) is 16.9. The number of nitrogens with zero attached hydrogens (tertiary/aromatic N) is 1. The van der Waals surface area contributed by atoms with Gasteiger partial charge in [-0.15, -0.1) is 0 Å². The van der Waals surface area contributed by atoms with Gasteiger partial charge < -0.3 is 4.74 Å². The van der Waals surface area contributed by atoms with Gasteiger partial charge in [0.2, 0.25) is 0 Å². The second kappa shape index (κ2) is 7.23. The zero-order valence-corrected chi connectivity index (χ0v) is 13.3. The molecule has 1 heterocycles. The normalized spacial score (nSPS) is 11.1. The van der Waals surface area contributed by atoms with Crippen molar-refractivity contribution in [3.05, 3.63) is 82.8 Å². The lowest BCUT2D eigenvalue weighted by Crippen LogP contribution is -2.01. The van der Waals surface area contributed by atoms with E-state index in [2.05, 4.69) is 4.98 Å². The molecule has 0 bridgehead atoms. The molecule has 0 spiro atoms. The van der Waals surface area contributed by atoms with Gasteiger partial charge in [-0.3, -0.25) is 4.98 Å². The summed E-state index contributed by atoms with van der Waals surface area (Å²) in [5, 5.41) is 1.22. The lowest BCUT2D eigenvalue weighted by Gasteiger charge is -2.05. The Balaban J connectivity index is 1.69. The molecule has 0 aliphatic rings. The highest BCUT2D eigenvalue weighted by molar-refractivity contribution is 6.31. The molecular weight excluding hydrogens is 329 g/mol. The minimum Gasteiger partial charge on any atom is -0.458 e. The lowest BCUT2D eigenvalue weighted by atomic mass is 10.1. The second-order valence-corrected chi connectivity index (χ2v) is 5.51. The summed E-state index contributed by atoms with van der Waals surface area (Å²) >= 11 is 5.89. The van der Waals surface area contributed by atoms with Gasteiger partial charge in [0.1, 0.15) is 12.4 Å². The van der Waals surface area contributed by atoms with E-state index in [9.17, 15) is 9.18 Å². The number of carbonyl (C=O) groups is 1. The van der Waals surface area contributed by atoms with Crippen LogP contribution in [0.3, 0.4) is 0 Å². The molecule has 3 rings (SSSR count). The van der Waals surface area contributed by atoms with E-state index in [4.69, 9.17) is 16.3 Å². The number of aromatic nitrogens is 1. The molecule has 0 fully saturated rings. The Hall–Kier alpha value is -2.72. The first-order chi connectivity index (χ1) is 11.6. The van der Waals surface area contributed by atoms with Crippen LogP contribution in [-0.4, -0.2) is 11.0 Å². The van der Waals surface area contributed by atoms with Crippen LogP contribution in [0.2, 0.25) is 5.02 Å². The predicted octanol–water partition coefficient (Wildman–Crippen LogP) is 4.78. The average molecular weight is 342 g/mol. The summed E-state index contributed by atoms with van der Waals surface area (Å²) in [4.78, 5) is 16.2. The van der Waals surface area contributed by atoms with Crippen molar-refractivity contribution >= 4 is 34.5 Å². The molecule has 3 aromatic rings. The minimum absolute atomic E-state index is 0.0178. The van der Waals surface area contributed by atoms with Crippen molar-refractivity contribution < 1.29 is 13.9 Å². The molecule has 0 N–H and O–H groups in total. The molecule has 3 nitrogen and oxygen atoms in total. The number of ether oxygens (including phenoxy) is 1.